The molecule has 0 saturated heterocycles. The molecule has 0 atom stereocenters. The number of carbonyl (C=O) groups excluding carboxylic acids is 1. The van der Waals surface area contributed by atoms with Gasteiger partial charge in [0.05, 0.1) is 12.0 Å². The van der Waals surface area contributed by atoms with Crippen LogP contribution in [-0.2, 0) is 9.53 Å². The van der Waals surface area contributed by atoms with Crippen molar-refractivity contribution in [1.82, 2.24) is 0 Å². The van der Waals surface area contributed by atoms with Crippen molar-refractivity contribution in [3.05, 3.63) is 0 Å². The van der Waals surface area contributed by atoms with Crippen molar-refractivity contribution in [3.8, 4) is 0 Å². The Morgan fingerprint density at radius 3 is 2.46 bits per heavy atom. The van der Waals surface area contributed by atoms with E-state index in [2.05, 4.69) is 0 Å². The van der Waals surface area contributed by atoms with Crippen molar-refractivity contribution < 1.29 is 9.53 Å². The SMILES string of the molecule is CCOC(=O)C1(CN)CC2(CC2)C1. The molecule has 0 bridgehead atoms. The number of carbonyl (C=O) groups is 1. The van der Waals surface area contributed by atoms with Gasteiger partial charge in [-0.25, -0.2) is 0 Å². The summed E-state index contributed by atoms with van der Waals surface area (Å²) < 4.78 is 5.04. The van der Waals surface area contributed by atoms with Crippen LogP contribution >= 0.6 is 0 Å². The number of ether oxygens (including phenoxy) is 1. The molecule has 2 aliphatic rings. The van der Waals surface area contributed by atoms with E-state index in [4.69, 9.17) is 10.5 Å². The maximum absolute atomic E-state index is 11.6. The van der Waals surface area contributed by atoms with Crippen molar-refractivity contribution >= 4 is 5.97 Å². The summed E-state index contributed by atoms with van der Waals surface area (Å²) in [6, 6.07) is 0. The molecule has 2 saturated carbocycles. The molecule has 0 heterocycles. The van der Waals surface area contributed by atoms with Gasteiger partial charge in [-0.2, -0.15) is 0 Å². The minimum Gasteiger partial charge on any atom is -0.466 e. The first kappa shape index (κ1) is 9.00. The molecule has 0 aromatic heterocycles. The van der Waals surface area contributed by atoms with E-state index in [9.17, 15) is 4.79 Å². The summed E-state index contributed by atoms with van der Waals surface area (Å²) in [6.07, 6.45) is 4.51. The second-order valence-corrected chi connectivity index (χ2v) is 4.56. The largest absolute Gasteiger partial charge is 0.466 e. The predicted molar refractivity (Wildman–Crippen MR) is 49.0 cm³/mol. The monoisotopic (exact) mass is 183 g/mol. The van der Waals surface area contributed by atoms with Crippen LogP contribution in [0.15, 0.2) is 0 Å². The average molecular weight is 183 g/mol. The highest BCUT2D eigenvalue weighted by atomic mass is 16.5. The Balaban J connectivity index is 1.97. The van der Waals surface area contributed by atoms with E-state index in [0.29, 0.717) is 18.6 Å². The Morgan fingerprint density at radius 1 is 1.46 bits per heavy atom. The summed E-state index contributed by atoms with van der Waals surface area (Å²) in [5.74, 6) is -0.0741. The molecular weight excluding hydrogens is 166 g/mol. The molecule has 3 nitrogen and oxygen atoms in total. The number of hydrogen-bond donors (Lipinski definition) is 1. The molecule has 2 aliphatic carbocycles. The molecule has 0 aromatic carbocycles. The fourth-order valence-corrected chi connectivity index (χ4v) is 2.57. The lowest BCUT2D eigenvalue weighted by Gasteiger charge is -2.45. The molecule has 0 aliphatic heterocycles. The molecule has 2 rings (SSSR count). The first-order chi connectivity index (χ1) is 6.16. The highest BCUT2D eigenvalue weighted by Crippen LogP contribution is 2.68. The van der Waals surface area contributed by atoms with Crippen LogP contribution in [-0.4, -0.2) is 19.1 Å². The molecule has 0 unspecified atom stereocenters. The van der Waals surface area contributed by atoms with Crippen molar-refractivity contribution in [2.45, 2.75) is 32.6 Å². The maximum atomic E-state index is 11.6. The molecule has 74 valence electrons. The first-order valence-electron chi connectivity index (χ1n) is 5.04. The summed E-state index contributed by atoms with van der Waals surface area (Å²) in [4.78, 5) is 11.6. The standard InChI is InChI=1S/C10H17NO2/c1-2-13-8(12)10(7-11)5-9(6-10)3-4-9/h2-7,11H2,1H3. The van der Waals surface area contributed by atoms with Crippen molar-refractivity contribution in [2.75, 3.05) is 13.2 Å². The topological polar surface area (TPSA) is 52.3 Å². The molecule has 1 spiro atoms. The third kappa shape index (κ3) is 1.26. The first-order valence-corrected chi connectivity index (χ1v) is 5.04. The Bertz CT molecular complexity index is 225. The Kier molecular flexibility index (Phi) is 1.88. The minimum atomic E-state index is -0.313. The van der Waals surface area contributed by atoms with Crippen LogP contribution in [0.1, 0.15) is 32.6 Å². The third-order valence-corrected chi connectivity index (χ3v) is 3.48. The lowest BCUT2D eigenvalue weighted by atomic mass is 9.59. The Labute approximate surface area is 78.6 Å². The Morgan fingerprint density at radius 2 is 2.08 bits per heavy atom. The fraction of sp³-hybridized carbons (Fsp3) is 0.900. The number of nitrogens with two attached hydrogens (primary N) is 1. The van der Waals surface area contributed by atoms with Gasteiger partial charge in [0.2, 0.25) is 0 Å². The van der Waals surface area contributed by atoms with Gasteiger partial charge in [-0.1, -0.05) is 0 Å². The van der Waals surface area contributed by atoms with Crippen molar-refractivity contribution in [2.24, 2.45) is 16.6 Å². The maximum Gasteiger partial charge on any atom is 0.313 e. The zero-order valence-electron chi connectivity index (χ0n) is 8.14. The van der Waals surface area contributed by atoms with E-state index in [1.807, 2.05) is 6.92 Å². The van der Waals surface area contributed by atoms with Crippen molar-refractivity contribution in [1.29, 1.82) is 0 Å². The van der Waals surface area contributed by atoms with E-state index in [-0.39, 0.29) is 11.4 Å². The summed E-state index contributed by atoms with van der Waals surface area (Å²) in [5.41, 5.74) is 5.84. The zero-order valence-corrected chi connectivity index (χ0v) is 8.14. The molecule has 3 heteroatoms. The predicted octanol–water partition coefficient (Wildman–Crippen LogP) is 1.07. The van der Waals surface area contributed by atoms with Gasteiger partial charge in [0.15, 0.2) is 0 Å². The van der Waals surface area contributed by atoms with Gasteiger partial charge in [0.25, 0.3) is 0 Å². The van der Waals surface area contributed by atoms with Crippen LogP contribution < -0.4 is 5.73 Å². The second-order valence-electron chi connectivity index (χ2n) is 4.56. The van der Waals surface area contributed by atoms with E-state index in [1.54, 1.807) is 0 Å². The quantitative estimate of drug-likeness (QED) is 0.666. The lowest BCUT2D eigenvalue weighted by molar-refractivity contribution is -0.165. The summed E-state index contributed by atoms with van der Waals surface area (Å²) in [7, 11) is 0. The molecular formula is C10H17NO2. The van der Waals surface area contributed by atoms with E-state index in [0.717, 1.165) is 12.8 Å². The molecule has 2 N–H and O–H groups in total. The van der Waals surface area contributed by atoms with Gasteiger partial charge >= 0.3 is 5.97 Å². The number of esters is 1. The fourth-order valence-electron chi connectivity index (χ4n) is 2.57. The van der Waals surface area contributed by atoms with E-state index >= 15 is 0 Å². The van der Waals surface area contributed by atoms with Crippen LogP contribution in [0.2, 0.25) is 0 Å². The van der Waals surface area contributed by atoms with Gasteiger partial charge in [0, 0.05) is 6.54 Å². The summed E-state index contributed by atoms with van der Waals surface area (Å²) in [6.45, 7) is 2.76. The van der Waals surface area contributed by atoms with Crippen molar-refractivity contribution in [3.63, 3.8) is 0 Å². The second kappa shape index (κ2) is 2.71. The van der Waals surface area contributed by atoms with Crippen LogP contribution in [0, 0.1) is 10.8 Å². The normalized spacial score (nSPS) is 26.6. The molecule has 0 aromatic rings. The lowest BCUT2D eigenvalue weighted by Crippen LogP contribution is -2.51. The van der Waals surface area contributed by atoms with E-state index < -0.39 is 0 Å². The van der Waals surface area contributed by atoms with Gasteiger partial charge in [-0.05, 0) is 38.0 Å². The molecule has 0 radical (unpaired) electrons. The zero-order chi connectivity index (χ0) is 9.53. The number of hydrogen-bond acceptors (Lipinski definition) is 3. The minimum absolute atomic E-state index is 0.0741. The van der Waals surface area contributed by atoms with Crippen LogP contribution in [0.5, 0.6) is 0 Å². The number of rotatable bonds is 3. The molecule has 13 heavy (non-hydrogen) atoms. The average Bonchev–Trinajstić information content (AvgIpc) is 2.80. The molecule has 2 fully saturated rings. The highest BCUT2D eigenvalue weighted by Gasteiger charge is 2.64. The van der Waals surface area contributed by atoms with Gasteiger partial charge in [0.1, 0.15) is 0 Å². The molecule has 0 amide bonds. The summed E-state index contributed by atoms with van der Waals surface area (Å²) >= 11 is 0. The van der Waals surface area contributed by atoms with Crippen LogP contribution in [0.4, 0.5) is 0 Å². The van der Waals surface area contributed by atoms with E-state index in [1.165, 1.54) is 12.8 Å². The van der Waals surface area contributed by atoms with Gasteiger partial charge in [-0.15, -0.1) is 0 Å². The van der Waals surface area contributed by atoms with Gasteiger partial charge < -0.3 is 10.5 Å². The highest BCUT2D eigenvalue weighted by molar-refractivity contribution is 5.79. The third-order valence-electron chi connectivity index (χ3n) is 3.48. The summed E-state index contributed by atoms with van der Waals surface area (Å²) in [5, 5.41) is 0. The van der Waals surface area contributed by atoms with Gasteiger partial charge in [-0.3, -0.25) is 4.79 Å². The van der Waals surface area contributed by atoms with Crippen LogP contribution in [0.3, 0.4) is 0 Å². The smallest absolute Gasteiger partial charge is 0.313 e. The van der Waals surface area contributed by atoms with Crippen LogP contribution in [0.25, 0.3) is 0 Å². The Hall–Kier alpha value is -0.570.